The lowest BCUT2D eigenvalue weighted by molar-refractivity contribution is 0.186. The molecule has 3 aliphatic heterocycles. The van der Waals surface area contributed by atoms with Gasteiger partial charge in [-0.2, -0.15) is 0 Å². The summed E-state index contributed by atoms with van der Waals surface area (Å²) in [5.41, 5.74) is 13.1. The van der Waals surface area contributed by atoms with Crippen LogP contribution in [0, 0.1) is 12.1 Å². The van der Waals surface area contributed by atoms with E-state index >= 15 is 0 Å². The first-order valence-corrected chi connectivity index (χ1v) is 23.7. The molecule has 5 heterocycles. The molecule has 67 heavy (non-hydrogen) atoms. The maximum atomic E-state index is 9.93. The summed E-state index contributed by atoms with van der Waals surface area (Å²) >= 11 is 0. The number of hydrogen-bond acceptors (Lipinski definition) is 2. The molecule has 2 atom stereocenters. The van der Waals surface area contributed by atoms with E-state index < -0.39 is 11.8 Å². The summed E-state index contributed by atoms with van der Waals surface area (Å²) in [6.07, 6.45) is 0.254. The predicted molar refractivity (Wildman–Crippen MR) is 281 cm³/mol. The Morgan fingerprint density at radius 2 is 1.19 bits per heavy atom. The summed E-state index contributed by atoms with van der Waals surface area (Å²) in [4.78, 5) is 4.93. The van der Waals surface area contributed by atoms with Crippen LogP contribution in [0.2, 0.25) is 0 Å². The second-order valence-corrected chi connectivity index (χ2v) is 21.7. The lowest BCUT2D eigenvalue weighted by atomic mass is 9.86. The Balaban J connectivity index is 1.11. The van der Waals surface area contributed by atoms with Gasteiger partial charge in [0.1, 0.15) is 28.7 Å². The van der Waals surface area contributed by atoms with E-state index in [2.05, 4.69) is 217 Å². The molecule has 5 heteroatoms. The van der Waals surface area contributed by atoms with Gasteiger partial charge in [0.15, 0.2) is 18.0 Å². The van der Waals surface area contributed by atoms with Crippen molar-refractivity contribution in [2.45, 2.75) is 79.5 Å². The van der Waals surface area contributed by atoms with E-state index in [1.807, 2.05) is 33.0 Å². The number of rotatable bonds is 8. The number of ether oxygens (including phenoxy) is 1. The van der Waals surface area contributed by atoms with E-state index in [0.29, 0.717) is 15.6 Å². The van der Waals surface area contributed by atoms with Crippen molar-refractivity contribution in [3.05, 3.63) is 199 Å². The molecule has 3 aliphatic rings. The second kappa shape index (κ2) is 15.4. The van der Waals surface area contributed by atoms with Crippen LogP contribution >= 0.6 is 0 Å². The topological polar surface area (TPSA) is 27.1 Å². The lowest BCUT2D eigenvalue weighted by Crippen LogP contribution is -2.67. The highest BCUT2D eigenvalue weighted by Crippen LogP contribution is 2.69. The van der Waals surface area contributed by atoms with Crippen LogP contribution in [0.15, 0.2) is 176 Å². The van der Waals surface area contributed by atoms with Crippen molar-refractivity contribution in [1.29, 1.82) is 0 Å². The number of fused-ring (bicyclic) bond motifs is 3. The first-order valence-electron chi connectivity index (χ1n) is 24.7. The molecule has 2 aromatic heterocycles. The SMILES string of the molecule is [2H]C([2H])(c1cccc2c1[N@@+]1(c3c(-c4ccccc4)cccc3-c3ccccc3)[CH-][N@+]2(c2cc(Oc3ccc4c5ccccc5n(-c5cc(C(C)(C)C)ccn5)c4c3)cc(C(C)(C)C)c2)C1)C(C)(C)C. The highest BCUT2D eigenvalue weighted by Gasteiger charge is 2.65. The zero-order chi connectivity index (χ0) is 48.3. The van der Waals surface area contributed by atoms with Gasteiger partial charge in [-0.1, -0.05) is 159 Å². The standard InChI is InChI=1S/C62H61N4O/c1-60(2,3)39-44-24-18-29-56-58(44)66(59-50(42-20-12-10-13-21-42)26-19-27-51(59)43-22-14-11-15-23-43)40-65(56,41-66)47-34-46(62(7,8)9)35-49(37-47)67-48-30-31-53-52-25-16-17-28-54(52)64(55(53)38-48)57-36-45(32-33-63-57)61(4,5)6/h10-38,40H,39,41H2,1-9H3/q+1/t65-,66-/m1/s1/i39D2. The Morgan fingerprint density at radius 3 is 1.85 bits per heavy atom. The minimum absolute atomic E-state index is 0.0378. The fourth-order valence-electron chi connectivity index (χ4n) is 10.6. The first kappa shape index (κ1) is 40.5. The molecule has 5 nitrogen and oxygen atoms in total. The molecule has 0 unspecified atom stereocenters. The van der Waals surface area contributed by atoms with Crippen molar-refractivity contribution in [1.82, 2.24) is 18.5 Å². The van der Waals surface area contributed by atoms with E-state index in [-0.39, 0.29) is 10.8 Å². The van der Waals surface area contributed by atoms with Gasteiger partial charge in [0.2, 0.25) is 0 Å². The molecule has 9 aromatic rings. The summed E-state index contributed by atoms with van der Waals surface area (Å²) in [5, 5.41) is 2.30. The van der Waals surface area contributed by atoms with Crippen LogP contribution in [-0.2, 0) is 17.2 Å². The number of para-hydroxylation sites is 3. The molecule has 0 radical (unpaired) electrons. The highest BCUT2D eigenvalue weighted by atomic mass is 16.5. The third-order valence-corrected chi connectivity index (χ3v) is 13.7. The first-order chi connectivity index (χ1) is 32.8. The van der Waals surface area contributed by atoms with Gasteiger partial charge < -0.3 is 4.74 Å². The minimum atomic E-state index is -1.67. The number of aromatic nitrogens is 2. The van der Waals surface area contributed by atoms with Crippen LogP contribution in [0.25, 0.3) is 49.9 Å². The van der Waals surface area contributed by atoms with Crippen molar-refractivity contribution >= 4 is 44.6 Å². The Bertz CT molecular complexity index is 3400. The van der Waals surface area contributed by atoms with Crippen LogP contribution in [0.1, 0.15) is 81.7 Å². The van der Waals surface area contributed by atoms with Gasteiger partial charge in [0, 0.05) is 60.7 Å². The van der Waals surface area contributed by atoms with Gasteiger partial charge in [-0.25, -0.2) is 4.98 Å². The average molecular weight is 880 g/mol. The Labute approximate surface area is 399 Å². The van der Waals surface area contributed by atoms with Gasteiger partial charge in [-0.05, 0) is 93.4 Å². The maximum absolute atomic E-state index is 9.93. The van der Waals surface area contributed by atoms with Gasteiger partial charge in [0.25, 0.3) is 0 Å². The van der Waals surface area contributed by atoms with Crippen LogP contribution in [-0.4, -0.2) is 16.2 Å². The largest absolute Gasteiger partial charge is 0.457 e. The summed E-state index contributed by atoms with van der Waals surface area (Å²) in [6, 6.07) is 60.4. The number of nitrogens with zero attached hydrogens (tertiary/aromatic N) is 4. The smallest absolute Gasteiger partial charge is 0.186 e. The average Bonchev–Trinajstić information content (AvgIpc) is 3.92. The second-order valence-electron chi connectivity index (χ2n) is 21.7. The maximum Gasteiger partial charge on any atom is 0.186 e. The van der Waals surface area contributed by atoms with E-state index in [1.54, 1.807) is 0 Å². The molecular weight excluding hydrogens is 817 g/mol. The van der Waals surface area contributed by atoms with E-state index in [9.17, 15) is 2.74 Å². The van der Waals surface area contributed by atoms with Crippen LogP contribution in [0.5, 0.6) is 11.5 Å². The van der Waals surface area contributed by atoms with Crippen LogP contribution in [0.4, 0.5) is 22.7 Å². The third kappa shape index (κ3) is 7.19. The minimum Gasteiger partial charge on any atom is -0.457 e. The monoisotopic (exact) mass is 879 g/mol. The summed E-state index contributed by atoms with van der Waals surface area (Å²) in [6.45, 7) is 22.6. The normalized spacial score (nSPS) is 18.6. The molecule has 0 aliphatic carbocycles. The van der Waals surface area contributed by atoms with Crippen molar-refractivity contribution in [3.63, 3.8) is 0 Å². The fourth-order valence-corrected chi connectivity index (χ4v) is 10.6. The van der Waals surface area contributed by atoms with Crippen LogP contribution in [0.3, 0.4) is 0 Å². The van der Waals surface area contributed by atoms with Gasteiger partial charge in [0.05, 0.1) is 17.7 Å². The molecule has 334 valence electrons. The molecule has 0 amide bonds. The summed E-state index contributed by atoms with van der Waals surface area (Å²) in [5.74, 6) is 2.36. The quantitative estimate of drug-likeness (QED) is 0.112. The summed E-state index contributed by atoms with van der Waals surface area (Å²) in [7, 11) is 0. The van der Waals surface area contributed by atoms with Gasteiger partial charge in [-0.15, -0.1) is 0 Å². The molecular formula is C62H61N4O+. The summed E-state index contributed by atoms with van der Waals surface area (Å²) < 4.78 is 30.1. The van der Waals surface area contributed by atoms with E-state index in [1.165, 1.54) is 5.56 Å². The number of pyridine rings is 1. The fraction of sp³-hybridized carbons (Fsp3) is 0.226. The van der Waals surface area contributed by atoms with Crippen molar-refractivity contribution in [2.24, 2.45) is 5.41 Å². The Morgan fingerprint density at radius 1 is 0.567 bits per heavy atom. The highest BCUT2D eigenvalue weighted by molar-refractivity contribution is 6.09. The molecule has 1 saturated heterocycles. The molecule has 1 fully saturated rings. The lowest BCUT2D eigenvalue weighted by Gasteiger charge is -2.57. The van der Waals surface area contributed by atoms with Crippen molar-refractivity contribution in [3.8, 4) is 39.6 Å². The zero-order valence-electron chi connectivity index (χ0n) is 42.2. The Kier molecular flexibility index (Phi) is 9.29. The molecule has 7 aromatic carbocycles. The van der Waals surface area contributed by atoms with E-state index in [4.69, 9.17) is 9.72 Å². The van der Waals surface area contributed by atoms with E-state index in [0.717, 1.165) is 95.3 Å². The number of benzene rings is 7. The molecule has 12 rings (SSSR count). The van der Waals surface area contributed by atoms with Crippen molar-refractivity contribution < 1.29 is 7.48 Å². The van der Waals surface area contributed by atoms with Gasteiger partial charge in [-0.3, -0.25) is 13.5 Å². The number of quaternary nitrogens is 2. The number of hydrogen-bond donors (Lipinski definition) is 0. The third-order valence-electron chi connectivity index (χ3n) is 13.7. The van der Waals surface area contributed by atoms with Crippen LogP contribution < -0.4 is 13.7 Å². The molecule has 0 saturated carbocycles. The molecule has 0 N–H and O–H groups in total. The predicted octanol–water partition coefficient (Wildman–Crippen LogP) is 16.9. The van der Waals surface area contributed by atoms with Gasteiger partial charge >= 0.3 is 0 Å². The Hall–Kier alpha value is -6.79. The van der Waals surface area contributed by atoms with Crippen molar-refractivity contribution in [2.75, 3.05) is 6.67 Å². The zero-order valence-corrected chi connectivity index (χ0v) is 40.2. The molecule has 0 spiro atoms. The molecule has 2 bridgehead atoms.